The zero-order chi connectivity index (χ0) is 19.9. The molecule has 0 aromatic heterocycles. The number of para-hydroxylation sites is 2. The largest absolute Gasteiger partial charge is 0.489 e. The summed E-state index contributed by atoms with van der Waals surface area (Å²) in [5.74, 6) is 0.799. The quantitative estimate of drug-likeness (QED) is 0.645. The number of rotatable bonds is 5. The van der Waals surface area contributed by atoms with Crippen molar-refractivity contribution in [3.63, 3.8) is 0 Å². The molecule has 2 amide bonds. The van der Waals surface area contributed by atoms with E-state index >= 15 is 0 Å². The van der Waals surface area contributed by atoms with Crippen LogP contribution in [0.15, 0.2) is 78.9 Å². The van der Waals surface area contributed by atoms with Crippen LogP contribution >= 0.6 is 0 Å². The Morgan fingerprint density at radius 3 is 2.55 bits per heavy atom. The summed E-state index contributed by atoms with van der Waals surface area (Å²) < 4.78 is 6.01. The second kappa shape index (κ2) is 9.28. The van der Waals surface area contributed by atoms with E-state index in [0.29, 0.717) is 13.2 Å². The van der Waals surface area contributed by atoms with Crippen LogP contribution in [0.5, 0.6) is 5.75 Å². The van der Waals surface area contributed by atoms with Crippen molar-refractivity contribution in [1.29, 1.82) is 0 Å². The normalized spacial score (nSPS) is 13.3. The molecule has 4 heteroatoms. The van der Waals surface area contributed by atoms with Gasteiger partial charge in [-0.25, -0.2) is 4.79 Å². The van der Waals surface area contributed by atoms with Gasteiger partial charge in [-0.3, -0.25) is 4.90 Å². The van der Waals surface area contributed by atoms with Gasteiger partial charge in [0.25, 0.3) is 0 Å². The highest BCUT2D eigenvalue weighted by atomic mass is 16.5. The molecule has 0 radical (unpaired) electrons. The van der Waals surface area contributed by atoms with Gasteiger partial charge in [0.1, 0.15) is 12.4 Å². The lowest BCUT2D eigenvalue weighted by atomic mass is 10.1. The monoisotopic (exact) mass is 386 g/mol. The Hall–Kier alpha value is -3.27. The third kappa shape index (κ3) is 4.77. The molecular formula is C25H26N2O2. The Morgan fingerprint density at radius 2 is 1.66 bits per heavy atom. The first kappa shape index (κ1) is 19.1. The molecule has 3 aromatic rings. The minimum atomic E-state index is -0.0581. The van der Waals surface area contributed by atoms with Gasteiger partial charge in [0.2, 0.25) is 0 Å². The lowest BCUT2D eigenvalue weighted by Crippen LogP contribution is -2.40. The maximum atomic E-state index is 13.0. The van der Waals surface area contributed by atoms with Crippen molar-refractivity contribution in [3.8, 4) is 5.75 Å². The van der Waals surface area contributed by atoms with Gasteiger partial charge in [-0.15, -0.1) is 0 Å². The van der Waals surface area contributed by atoms with Crippen LogP contribution < -0.4 is 15.0 Å². The number of hydrogen-bond acceptors (Lipinski definition) is 2. The first-order chi connectivity index (χ1) is 14.3. The van der Waals surface area contributed by atoms with E-state index in [0.717, 1.165) is 48.4 Å². The maximum absolute atomic E-state index is 13.0. The van der Waals surface area contributed by atoms with Crippen molar-refractivity contribution in [2.45, 2.75) is 32.4 Å². The van der Waals surface area contributed by atoms with Crippen molar-refractivity contribution < 1.29 is 9.53 Å². The second-order valence-corrected chi connectivity index (χ2v) is 7.28. The minimum absolute atomic E-state index is 0.0581. The van der Waals surface area contributed by atoms with Crippen LogP contribution in [0.2, 0.25) is 0 Å². The summed E-state index contributed by atoms with van der Waals surface area (Å²) in [6, 6.07) is 26.1. The van der Waals surface area contributed by atoms with Crippen molar-refractivity contribution in [1.82, 2.24) is 5.32 Å². The van der Waals surface area contributed by atoms with Gasteiger partial charge in [-0.05, 0) is 42.5 Å². The molecule has 0 unspecified atom stereocenters. The number of benzene rings is 3. The summed E-state index contributed by atoms with van der Waals surface area (Å²) in [6.07, 6.45) is 3.14. The van der Waals surface area contributed by atoms with Crippen molar-refractivity contribution in [2.75, 3.05) is 11.4 Å². The zero-order valence-corrected chi connectivity index (χ0v) is 16.5. The molecule has 0 bridgehead atoms. The summed E-state index contributed by atoms with van der Waals surface area (Å²) in [6.45, 7) is 1.68. The number of ether oxygens (including phenoxy) is 1. The number of nitrogens with one attached hydrogen (secondary N) is 1. The predicted octanol–water partition coefficient (Wildman–Crippen LogP) is 5.32. The standard InChI is InChI=1S/C25H26N2O2/c28-25(27-17-9-8-13-21-12-4-6-15-23(21)27)26-18-22-14-5-7-16-24(22)29-19-20-10-2-1-3-11-20/h1-7,10-12,14-16H,8-9,13,17-19H2,(H,26,28). The number of aryl methyl sites for hydroxylation is 1. The van der Waals surface area contributed by atoms with Crippen LogP contribution in [0, 0.1) is 0 Å². The Balaban J connectivity index is 1.42. The van der Waals surface area contributed by atoms with E-state index in [-0.39, 0.29) is 6.03 Å². The third-order valence-electron chi connectivity index (χ3n) is 5.25. The van der Waals surface area contributed by atoms with Crippen LogP contribution in [0.3, 0.4) is 0 Å². The Labute approximate surface area is 172 Å². The number of carbonyl (C=O) groups is 1. The number of fused-ring (bicyclic) bond motifs is 1. The number of urea groups is 1. The van der Waals surface area contributed by atoms with E-state index in [4.69, 9.17) is 4.74 Å². The molecule has 0 atom stereocenters. The summed E-state index contributed by atoms with van der Waals surface area (Å²) in [7, 11) is 0. The molecule has 0 saturated heterocycles. The molecule has 4 rings (SSSR count). The zero-order valence-electron chi connectivity index (χ0n) is 16.5. The van der Waals surface area contributed by atoms with Gasteiger partial charge in [-0.2, -0.15) is 0 Å². The predicted molar refractivity (Wildman–Crippen MR) is 116 cm³/mol. The molecule has 3 aromatic carbocycles. The summed E-state index contributed by atoms with van der Waals surface area (Å²) >= 11 is 0. The molecule has 1 aliphatic rings. The average Bonchev–Trinajstić information content (AvgIpc) is 3.00. The molecule has 1 aliphatic heterocycles. The van der Waals surface area contributed by atoms with Gasteiger partial charge >= 0.3 is 6.03 Å². The minimum Gasteiger partial charge on any atom is -0.489 e. The van der Waals surface area contributed by atoms with E-state index in [1.54, 1.807) is 0 Å². The first-order valence-electron chi connectivity index (χ1n) is 10.2. The maximum Gasteiger partial charge on any atom is 0.322 e. The average molecular weight is 386 g/mol. The highest BCUT2D eigenvalue weighted by Crippen LogP contribution is 2.26. The van der Waals surface area contributed by atoms with Gasteiger partial charge in [0.05, 0.1) is 0 Å². The molecule has 4 nitrogen and oxygen atoms in total. The van der Waals surface area contributed by atoms with E-state index in [9.17, 15) is 4.79 Å². The number of nitrogens with zero attached hydrogens (tertiary/aromatic N) is 1. The summed E-state index contributed by atoms with van der Waals surface area (Å²) in [4.78, 5) is 14.8. The number of carbonyl (C=O) groups excluding carboxylic acids is 1. The molecule has 0 saturated carbocycles. The van der Waals surface area contributed by atoms with E-state index in [1.807, 2.05) is 77.7 Å². The van der Waals surface area contributed by atoms with Crippen LogP contribution in [-0.4, -0.2) is 12.6 Å². The number of anilines is 1. The molecule has 29 heavy (non-hydrogen) atoms. The fourth-order valence-electron chi connectivity index (χ4n) is 3.69. The van der Waals surface area contributed by atoms with Crippen LogP contribution in [0.1, 0.15) is 29.5 Å². The van der Waals surface area contributed by atoms with E-state index in [1.165, 1.54) is 5.56 Å². The number of hydrogen-bond donors (Lipinski definition) is 1. The van der Waals surface area contributed by atoms with E-state index < -0.39 is 0 Å². The molecule has 148 valence electrons. The molecule has 0 fully saturated rings. The van der Waals surface area contributed by atoms with E-state index in [2.05, 4.69) is 11.4 Å². The fourth-order valence-corrected chi connectivity index (χ4v) is 3.69. The van der Waals surface area contributed by atoms with Crippen LogP contribution in [-0.2, 0) is 19.6 Å². The molecule has 1 N–H and O–H groups in total. The smallest absolute Gasteiger partial charge is 0.322 e. The topological polar surface area (TPSA) is 41.6 Å². The van der Waals surface area contributed by atoms with Crippen molar-refractivity contribution in [3.05, 3.63) is 95.6 Å². The fraction of sp³-hybridized carbons (Fsp3) is 0.240. The molecule has 0 spiro atoms. The SMILES string of the molecule is O=C(NCc1ccccc1OCc1ccccc1)N1CCCCc2ccccc21. The van der Waals surface area contributed by atoms with Crippen LogP contribution in [0.25, 0.3) is 0 Å². The Morgan fingerprint density at radius 1 is 0.897 bits per heavy atom. The molecule has 0 aliphatic carbocycles. The Bertz CT molecular complexity index is 956. The summed E-state index contributed by atoms with van der Waals surface area (Å²) in [5, 5.41) is 3.08. The lowest BCUT2D eigenvalue weighted by molar-refractivity contribution is 0.245. The summed E-state index contributed by atoms with van der Waals surface area (Å²) in [5.41, 5.74) is 4.36. The molecular weight excluding hydrogens is 360 g/mol. The van der Waals surface area contributed by atoms with Crippen molar-refractivity contribution >= 4 is 11.7 Å². The van der Waals surface area contributed by atoms with Gasteiger partial charge < -0.3 is 10.1 Å². The number of amides is 2. The molecule has 1 heterocycles. The first-order valence-corrected chi connectivity index (χ1v) is 10.2. The second-order valence-electron chi connectivity index (χ2n) is 7.28. The Kier molecular flexibility index (Phi) is 6.10. The van der Waals surface area contributed by atoms with Crippen molar-refractivity contribution in [2.24, 2.45) is 0 Å². The van der Waals surface area contributed by atoms with Gasteiger partial charge in [0, 0.05) is 24.3 Å². The highest BCUT2D eigenvalue weighted by Gasteiger charge is 2.20. The van der Waals surface area contributed by atoms with Gasteiger partial charge in [-0.1, -0.05) is 66.7 Å². The third-order valence-corrected chi connectivity index (χ3v) is 5.25. The van der Waals surface area contributed by atoms with Crippen LogP contribution in [0.4, 0.5) is 10.5 Å². The van der Waals surface area contributed by atoms with Gasteiger partial charge in [0.15, 0.2) is 0 Å². The lowest BCUT2D eigenvalue weighted by Gasteiger charge is -2.23. The highest BCUT2D eigenvalue weighted by molar-refractivity contribution is 5.93.